The van der Waals surface area contributed by atoms with Gasteiger partial charge >= 0.3 is 0 Å². The molecule has 1 aliphatic carbocycles. The van der Waals surface area contributed by atoms with Crippen LogP contribution in [0.15, 0.2) is 65.7 Å². The number of rotatable bonds is 4. The van der Waals surface area contributed by atoms with Crippen molar-refractivity contribution in [2.75, 3.05) is 0 Å². The fourth-order valence-corrected chi connectivity index (χ4v) is 5.81. The molecule has 1 aromatic heterocycles. The van der Waals surface area contributed by atoms with Crippen LogP contribution < -0.4 is 0 Å². The minimum absolute atomic E-state index is 0.0363. The van der Waals surface area contributed by atoms with Crippen LogP contribution in [0, 0.1) is 6.92 Å². The minimum atomic E-state index is 0.0363. The van der Waals surface area contributed by atoms with Gasteiger partial charge in [-0.05, 0) is 38.0 Å². The van der Waals surface area contributed by atoms with Crippen molar-refractivity contribution in [3.63, 3.8) is 0 Å². The molecule has 3 aromatic rings. The highest BCUT2D eigenvalue weighted by Crippen LogP contribution is 2.38. The highest BCUT2D eigenvalue weighted by Gasteiger charge is 2.37. The maximum atomic E-state index is 13.3. The standard InChI is InChI=1S/C26H25N3OS2/c1-18-12-14-19(15-13-18)24-20(17-28(27-24)21-8-4-2-5-9-21)16-23-25(30)29(26(31)32-23)22-10-6-3-7-11-22/h2,4-5,8-9,12-17,22H,3,6-7,10-11H2,1H3/b23-16+. The molecule has 1 saturated carbocycles. The first-order valence-corrected chi connectivity index (χ1v) is 12.3. The Labute approximate surface area is 198 Å². The van der Waals surface area contributed by atoms with Crippen molar-refractivity contribution in [2.24, 2.45) is 0 Å². The number of carbonyl (C=O) groups is 1. The monoisotopic (exact) mass is 459 g/mol. The van der Waals surface area contributed by atoms with Crippen molar-refractivity contribution in [3.05, 3.63) is 76.8 Å². The van der Waals surface area contributed by atoms with Crippen LogP contribution in [-0.4, -0.2) is 30.9 Å². The van der Waals surface area contributed by atoms with Gasteiger partial charge in [0, 0.05) is 23.4 Å². The zero-order chi connectivity index (χ0) is 22.1. The molecule has 2 aliphatic rings. The smallest absolute Gasteiger partial charge is 0.266 e. The highest BCUT2D eigenvalue weighted by molar-refractivity contribution is 8.26. The maximum Gasteiger partial charge on any atom is 0.266 e. The second-order valence-electron chi connectivity index (χ2n) is 8.42. The van der Waals surface area contributed by atoms with Gasteiger partial charge in [-0.3, -0.25) is 9.69 Å². The first-order valence-electron chi connectivity index (χ1n) is 11.1. The largest absolute Gasteiger partial charge is 0.290 e. The lowest BCUT2D eigenvalue weighted by molar-refractivity contribution is -0.124. The van der Waals surface area contributed by atoms with Crippen LogP contribution in [0.2, 0.25) is 0 Å². The normalized spacial score (nSPS) is 18.7. The van der Waals surface area contributed by atoms with Crippen LogP contribution >= 0.6 is 24.0 Å². The molecule has 2 fully saturated rings. The van der Waals surface area contributed by atoms with E-state index in [4.69, 9.17) is 17.3 Å². The SMILES string of the molecule is Cc1ccc(-c2nn(-c3ccccc3)cc2/C=C2/SC(=S)N(C3CCCCC3)C2=O)cc1. The minimum Gasteiger partial charge on any atom is -0.290 e. The summed E-state index contributed by atoms with van der Waals surface area (Å²) in [5.74, 6) is 0.0363. The maximum absolute atomic E-state index is 13.3. The van der Waals surface area contributed by atoms with E-state index in [0.717, 1.165) is 35.3 Å². The summed E-state index contributed by atoms with van der Waals surface area (Å²) < 4.78 is 2.56. The third-order valence-corrected chi connectivity index (χ3v) is 7.47. The number of hydrogen-bond acceptors (Lipinski definition) is 4. The number of nitrogens with zero attached hydrogens (tertiary/aromatic N) is 3. The molecule has 162 valence electrons. The first kappa shape index (κ1) is 21.2. The van der Waals surface area contributed by atoms with Crippen molar-refractivity contribution < 1.29 is 4.79 Å². The molecule has 0 bridgehead atoms. The highest BCUT2D eigenvalue weighted by atomic mass is 32.2. The van der Waals surface area contributed by atoms with Gasteiger partial charge in [0.25, 0.3) is 5.91 Å². The van der Waals surface area contributed by atoms with Crippen LogP contribution in [0.4, 0.5) is 0 Å². The van der Waals surface area contributed by atoms with Gasteiger partial charge in [0.15, 0.2) is 0 Å². The topological polar surface area (TPSA) is 38.1 Å². The van der Waals surface area contributed by atoms with Gasteiger partial charge in [-0.25, -0.2) is 4.68 Å². The average molecular weight is 460 g/mol. The third kappa shape index (κ3) is 4.17. The van der Waals surface area contributed by atoms with E-state index in [1.807, 2.05) is 52.2 Å². The number of aromatic nitrogens is 2. The second kappa shape index (κ2) is 9.04. The zero-order valence-electron chi connectivity index (χ0n) is 18.0. The van der Waals surface area contributed by atoms with Crippen molar-refractivity contribution in [3.8, 4) is 16.9 Å². The van der Waals surface area contributed by atoms with Crippen molar-refractivity contribution in [1.82, 2.24) is 14.7 Å². The van der Waals surface area contributed by atoms with E-state index in [1.54, 1.807) is 0 Å². The van der Waals surface area contributed by atoms with E-state index in [2.05, 4.69) is 31.2 Å². The molecule has 4 nitrogen and oxygen atoms in total. The van der Waals surface area contributed by atoms with E-state index in [1.165, 1.54) is 36.6 Å². The van der Waals surface area contributed by atoms with Crippen LogP contribution in [0.3, 0.4) is 0 Å². The Hall–Kier alpha value is -2.70. The average Bonchev–Trinajstić information content (AvgIpc) is 3.36. The van der Waals surface area contributed by atoms with Gasteiger partial charge in [-0.15, -0.1) is 0 Å². The number of carbonyl (C=O) groups excluding carboxylic acids is 1. The van der Waals surface area contributed by atoms with Gasteiger partial charge in [-0.1, -0.05) is 91.3 Å². The molecule has 6 heteroatoms. The molecular formula is C26H25N3OS2. The predicted molar refractivity (Wildman–Crippen MR) is 136 cm³/mol. The molecule has 32 heavy (non-hydrogen) atoms. The molecule has 1 aliphatic heterocycles. The Kier molecular flexibility index (Phi) is 5.98. The van der Waals surface area contributed by atoms with E-state index in [-0.39, 0.29) is 11.9 Å². The van der Waals surface area contributed by atoms with Crippen LogP contribution in [0.5, 0.6) is 0 Å². The Morgan fingerprint density at radius 3 is 2.47 bits per heavy atom. The van der Waals surface area contributed by atoms with Gasteiger partial charge in [0.1, 0.15) is 4.32 Å². The van der Waals surface area contributed by atoms with Gasteiger partial charge in [-0.2, -0.15) is 5.10 Å². The molecule has 1 saturated heterocycles. The van der Waals surface area contributed by atoms with Crippen molar-refractivity contribution in [2.45, 2.75) is 45.1 Å². The van der Waals surface area contributed by atoms with Gasteiger partial charge < -0.3 is 0 Å². The number of aryl methyl sites for hydroxylation is 1. The predicted octanol–water partition coefficient (Wildman–Crippen LogP) is 6.38. The van der Waals surface area contributed by atoms with Crippen molar-refractivity contribution in [1.29, 1.82) is 0 Å². The summed E-state index contributed by atoms with van der Waals surface area (Å²) in [4.78, 5) is 15.9. The second-order valence-corrected chi connectivity index (χ2v) is 10.1. The van der Waals surface area contributed by atoms with Crippen molar-refractivity contribution >= 4 is 40.3 Å². The summed E-state index contributed by atoms with van der Waals surface area (Å²) in [6.07, 6.45) is 9.63. The summed E-state index contributed by atoms with van der Waals surface area (Å²) in [6.45, 7) is 2.07. The molecule has 0 N–H and O–H groups in total. The van der Waals surface area contributed by atoms with E-state index < -0.39 is 0 Å². The number of benzene rings is 2. The number of thiocarbonyl (C=S) groups is 1. The summed E-state index contributed by atoms with van der Waals surface area (Å²) in [5.41, 5.74) is 4.99. The quantitative estimate of drug-likeness (QED) is 0.335. The fraction of sp³-hybridized carbons (Fsp3) is 0.269. The molecule has 5 rings (SSSR count). The number of amides is 1. The molecule has 0 radical (unpaired) electrons. The summed E-state index contributed by atoms with van der Waals surface area (Å²) in [5, 5.41) is 4.88. The molecular weight excluding hydrogens is 434 g/mol. The third-order valence-electron chi connectivity index (χ3n) is 6.14. The fourth-order valence-electron chi connectivity index (χ4n) is 4.42. The van der Waals surface area contributed by atoms with Gasteiger partial charge in [0.05, 0.1) is 16.3 Å². The molecule has 1 amide bonds. The Morgan fingerprint density at radius 2 is 1.75 bits per heavy atom. The molecule has 2 aromatic carbocycles. The lowest BCUT2D eigenvalue weighted by Crippen LogP contribution is -2.39. The lowest BCUT2D eigenvalue weighted by atomic mass is 9.94. The molecule has 0 spiro atoms. The van der Waals surface area contributed by atoms with E-state index in [0.29, 0.717) is 9.23 Å². The molecule has 0 atom stereocenters. The Balaban J connectivity index is 1.54. The van der Waals surface area contributed by atoms with E-state index >= 15 is 0 Å². The first-order chi connectivity index (χ1) is 15.6. The van der Waals surface area contributed by atoms with Crippen LogP contribution in [0.25, 0.3) is 23.0 Å². The Morgan fingerprint density at radius 1 is 1.03 bits per heavy atom. The lowest BCUT2D eigenvalue weighted by Gasteiger charge is -2.29. The molecule has 0 unspecified atom stereocenters. The summed E-state index contributed by atoms with van der Waals surface area (Å²) in [7, 11) is 0. The Bertz CT molecular complexity index is 1180. The summed E-state index contributed by atoms with van der Waals surface area (Å²) >= 11 is 7.03. The number of para-hydroxylation sites is 1. The summed E-state index contributed by atoms with van der Waals surface area (Å²) in [6, 6.07) is 18.6. The number of hydrogen-bond donors (Lipinski definition) is 0. The van der Waals surface area contributed by atoms with Gasteiger partial charge in [0.2, 0.25) is 0 Å². The van der Waals surface area contributed by atoms with Crippen LogP contribution in [-0.2, 0) is 4.79 Å². The van der Waals surface area contributed by atoms with E-state index in [9.17, 15) is 4.79 Å². The number of thioether (sulfide) groups is 1. The zero-order valence-corrected chi connectivity index (χ0v) is 19.7. The molecule has 2 heterocycles. The van der Waals surface area contributed by atoms with Crippen LogP contribution in [0.1, 0.15) is 43.2 Å².